The summed E-state index contributed by atoms with van der Waals surface area (Å²) in [6, 6.07) is 0. The molecule has 0 spiro atoms. The summed E-state index contributed by atoms with van der Waals surface area (Å²) >= 11 is 1.12. The molecule has 2 N–H and O–H groups in total. The molecule has 104 valence electrons. The second-order valence-corrected chi connectivity index (χ2v) is 6.14. The molecular formula is C11H13F2N3O2S. The SMILES string of the molecule is O=C(Nc1nnc(C2CC2)s1)C(F)(F)C1(O)CCC1. The number of carbonyl (C=O) groups excluding carboxylic acids is 1. The minimum Gasteiger partial charge on any atom is -0.383 e. The Kier molecular flexibility index (Phi) is 2.82. The number of hydrogen-bond donors (Lipinski definition) is 2. The first-order valence-corrected chi connectivity index (χ1v) is 6.99. The van der Waals surface area contributed by atoms with Gasteiger partial charge in [0.2, 0.25) is 5.13 Å². The summed E-state index contributed by atoms with van der Waals surface area (Å²) in [4.78, 5) is 11.6. The summed E-state index contributed by atoms with van der Waals surface area (Å²) in [6.07, 6.45) is 2.44. The highest BCUT2D eigenvalue weighted by Gasteiger charge is 2.61. The van der Waals surface area contributed by atoms with E-state index in [1.54, 1.807) is 0 Å². The van der Waals surface area contributed by atoms with Gasteiger partial charge in [0.05, 0.1) is 0 Å². The Morgan fingerprint density at radius 2 is 2.11 bits per heavy atom. The molecule has 1 aromatic rings. The molecule has 8 heteroatoms. The molecule has 1 heterocycles. The Morgan fingerprint density at radius 3 is 2.63 bits per heavy atom. The molecule has 2 saturated carbocycles. The van der Waals surface area contributed by atoms with E-state index in [-0.39, 0.29) is 18.0 Å². The van der Waals surface area contributed by atoms with Gasteiger partial charge >= 0.3 is 5.92 Å². The third-order valence-corrected chi connectivity index (χ3v) is 4.64. The summed E-state index contributed by atoms with van der Waals surface area (Å²) in [5.74, 6) is -4.94. The zero-order valence-corrected chi connectivity index (χ0v) is 10.8. The summed E-state index contributed by atoms with van der Waals surface area (Å²) < 4.78 is 27.6. The van der Waals surface area contributed by atoms with Crippen LogP contribution in [0.3, 0.4) is 0 Å². The molecule has 0 saturated heterocycles. The van der Waals surface area contributed by atoms with Crippen LogP contribution in [0.4, 0.5) is 13.9 Å². The van der Waals surface area contributed by atoms with Crippen LogP contribution in [0.5, 0.6) is 0 Å². The summed E-state index contributed by atoms with van der Waals surface area (Å²) in [5, 5.41) is 20.1. The maximum Gasteiger partial charge on any atom is 0.352 e. The van der Waals surface area contributed by atoms with E-state index in [4.69, 9.17) is 0 Å². The predicted molar refractivity (Wildman–Crippen MR) is 64.3 cm³/mol. The van der Waals surface area contributed by atoms with Gasteiger partial charge in [0.1, 0.15) is 10.6 Å². The Morgan fingerprint density at radius 1 is 1.42 bits per heavy atom. The van der Waals surface area contributed by atoms with E-state index in [1.807, 2.05) is 0 Å². The van der Waals surface area contributed by atoms with Gasteiger partial charge in [0.25, 0.3) is 5.91 Å². The number of halogens is 2. The average molecular weight is 289 g/mol. The van der Waals surface area contributed by atoms with Gasteiger partial charge in [-0.1, -0.05) is 11.3 Å². The van der Waals surface area contributed by atoms with E-state index in [9.17, 15) is 18.7 Å². The van der Waals surface area contributed by atoms with Crippen LogP contribution in [0.25, 0.3) is 0 Å². The zero-order chi connectivity index (χ0) is 13.7. The Hall–Kier alpha value is -1.15. The molecule has 5 nitrogen and oxygen atoms in total. The van der Waals surface area contributed by atoms with Crippen molar-refractivity contribution in [2.75, 3.05) is 5.32 Å². The zero-order valence-electron chi connectivity index (χ0n) is 10.0. The maximum absolute atomic E-state index is 13.8. The first-order valence-electron chi connectivity index (χ1n) is 6.17. The van der Waals surface area contributed by atoms with Crippen molar-refractivity contribution < 1.29 is 18.7 Å². The van der Waals surface area contributed by atoms with E-state index in [0.29, 0.717) is 12.3 Å². The van der Waals surface area contributed by atoms with Crippen molar-refractivity contribution in [3.8, 4) is 0 Å². The van der Waals surface area contributed by atoms with Gasteiger partial charge in [-0.15, -0.1) is 10.2 Å². The molecular weight excluding hydrogens is 276 g/mol. The highest BCUT2D eigenvalue weighted by Crippen LogP contribution is 2.45. The standard InChI is InChI=1S/C11H13F2N3O2S/c12-11(13,10(18)4-1-5-10)8(17)14-9-16-15-7(19-9)6-2-3-6/h6,18H,1-5H2,(H,14,16,17). The number of aromatic nitrogens is 2. The summed E-state index contributed by atoms with van der Waals surface area (Å²) in [6.45, 7) is 0. The highest BCUT2D eigenvalue weighted by atomic mass is 32.1. The van der Waals surface area contributed by atoms with Gasteiger partial charge in [0, 0.05) is 5.92 Å². The number of carbonyl (C=O) groups is 1. The smallest absolute Gasteiger partial charge is 0.352 e. The minimum absolute atomic E-state index is 0.0587. The van der Waals surface area contributed by atoms with Gasteiger partial charge < -0.3 is 5.11 Å². The number of anilines is 1. The van der Waals surface area contributed by atoms with Crippen LogP contribution in [0.15, 0.2) is 0 Å². The molecule has 2 fully saturated rings. The molecule has 0 atom stereocenters. The average Bonchev–Trinajstić information content (AvgIpc) is 3.07. The lowest BCUT2D eigenvalue weighted by Gasteiger charge is -2.41. The molecule has 0 radical (unpaired) electrons. The van der Waals surface area contributed by atoms with Crippen LogP contribution < -0.4 is 5.32 Å². The molecule has 2 aliphatic carbocycles. The molecule has 3 rings (SSSR count). The molecule has 1 aromatic heterocycles. The number of aliphatic hydroxyl groups is 1. The largest absolute Gasteiger partial charge is 0.383 e. The van der Waals surface area contributed by atoms with E-state index >= 15 is 0 Å². The number of nitrogens with one attached hydrogen (secondary N) is 1. The molecule has 1 amide bonds. The van der Waals surface area contributed by atoms with Crippen molar-refractivity contribution in [2.24, 2.45) is 0 Å². The number of alkyl halides is 2. The number of nitrogens with zero attached hydrogens (tertiary/aromatic N) is 2. The number of amides is 1. The fourth-order valence-corrected chi connectivity index (χ4v) is 2.90. The topological polar surface area (TPSA) is 75.1 Å². The third-order valence-electron chi connectivity index (χ3n) is 3.64. The Balaban J connectivity index is 1.69. The van der Waals surface area contributed by atoms with Crippen molar-refractivity contribution in [1.82, 2.24) is 10.2 Å². The van der Waals surface area contributed by atoms with Gasteiger partial charge in [0.15, 0.2) is 0 Å². The second kappa shape index (κ2) is 4.17. The number of rotatable bonds is 4. The van der Waals surface area contributed by atoms with Crippen molar-refractivity contribution in [3.63, 3.8) is 0 Å². The first-order chi connectivity index (χ1) is 8.92. The molecule has 2 aliphatic rings. The Bertz CT molecular complexity index is 512. The van der Waals surface area contributed by atoms with Crippen molar-refractivity contribution in [3.05, 3.63) is 5.01 Å². The normalized spacial score (nSPS) is 21.8. The summed E-state index contributed by atoms with van der Waals surface area (Å²) in [5.41, 5.74) is -2.21. The maximum atomic E-state index is 13.8. The predicted octanol–water partition coefficient (Wildman–Crippen LogP) is 1.90. The fraction of sp³-hybridized carbons (Fsp3) is 0.727. The van der Waals surface area contributed by atoms with Crippen LogP contribution in [-0.2, 0) is 4.79 Å². The lowest BCUT2D eigenvalue weighted by atomic mass is 9.75. The van der Waals surface area contributed by atoms with Gasteiger partial charge in [-0.25, -0.2) is 0 Å². The second-order valence-electron chi connectivity index (χ2n) is 5.13. The van der Waals surface area contributed by atoms with Crippen LogP contribution in [0.1, 0.15) is 43.0 Å². The third kappa shape index (κ3) is 2.12. The van der Waals surface area contributed by atoms with Crippen LogP contribution >= 0.6 is 11.3 Å². The lowest BCUT2D eigenvalue weighted by Crippen LogP contribution is -2.59. The van der Waals surface area contributed by atoms with E-state index in [1.165, 1.54) is 0 Å². The van der Waals surface area contributed by atoms with E-state index in [2.05, 4.69) is 15.5 Å². The minimum atomic E-state index is -3.79. The number of hydrogen-bond acceptors (Lipinski definition) is 5. The van der Waals surface area contributed by atoms with Crippen LogP contribution in [0, 0.1) is 0 Å². The quantitative estimate of drug-likeness (QED) is 0.887. The van der Waals surface area contributed by atoms with Crippen molar-refractivity contribution in [1.29, 1.82) is 0 Å². The lowest BCUT2D eigenvalue weighted by molar-refractivity contribution is -0.212. The van der Waals surface area contributed by atoms with Gasteiger partial charge in [-0.2, -0.15) is 8.78 Å². The highest BCUT2D eigenvalue weighted by molar-refractivity contribution is 7.15. The molecule has 0 unspecified atom stereocenters. The van der Waals surface area contributed by atoms with E-state index in [0.717, 1.165) is 29.2 Å². The fourth-order valence-electron chi connectivity index (χ4n) is 1.99. The first kappa shape index (κ1) is 12.9. The molecule has 0 bridgehead atoms. The van der Waals surface area contributed by atoms with Gasteiger partial charge in [-0.3, -0.25) is 10.1 Å². The van der Waals surface area contributed by atoms with Gasteiger partial charge in [-0.05, 0) is 32.1 Å². The Labute approximate surface area is 112 Å². The molecule has 19 heavy (non-hydrogen) atoms. The monoisotopic (exact) mass is 289 g/mol. The molecule has 0 aliphatic heterocycles. The van der Waals surface area contributed by atoms with Crippen molar-refractivity contribution >= 4 is 22.4 Å². The van der Waals surface area contributed by atoms with Crippen LogP contribution in [-0.4, -0.2) is 32.7 Å². The summed E-state index contributed by atoms with van der Waals surface area (Å²) in [7, 11) is 0. The van der Waals surface area contributed by atoms with E-state index < -0.39 is 17.4 Å². The molecule has 0 aromatic carbocycles. The van der Waals surface area contributed by atoms with Crippen LogP contribution in [0.2, 0.25) is 0 Å². The van der Waals surface area contributed by atoms with Crippen molar-refractivity contribution in [2.45, 2.75) is 49.5 Å².